The second-order valence-corrected chi connectivity index (χ2v) is 11.4. The molecule has 0 bridgehead atoms. The van der Waals surface area contributed by atoms with Crippen LogP contribution in [0.2, 0.25) is 0 Å². The highest BCUT2D eigenvalue weighted by molar-refractivity contribution is 9.10. The summed E-state index contributed by atoms with van der Waals surface area (Å²) in [5, 5.41) is 6.30. The summed E-state index contributed by atoms with van der Waals surface area (Å²) in [5.74, 6) is -3.73. The van der Waals surface area contributed by atoms with Crippen LogP contribution in [0.25, 0.3) is 5.70 Å². The molecule has 1 spiro atoms. The van der Waals surface area contributed by atoms with Crippen molar-refractivity contribution < 1.29 is 18.3 Å². The summed E-state index contributed by atoms with van der Waals surface area (Å²) in [6.07, 6.45) is 3.44. The number of nitrogens with zero attached hydrogens (tertiary/aromatic N) is 2. The minimum Gasteiger partial charge on any atom is -0.397 e. The molecule has 4 fully saturated rings. The first-order valence-electron chi connectivity index (χ1n) is 12.5. The molecular weight excluding hydrogens is 520 g/mol. The van der Waals surface area contributed by atoms with Gasteiger partial charge in [-0.25, -0.2) is 8.78 Å². The highest BCUT2D eigenvalue weighted by Gasteiger charge is 2.48. The number of likely N-dealkylation sites (tertiary alicyclic amines) is 1. The van der Waals surface area contributed by atoms with Crippen molar-refractivity contribution in [3.05, 3.63) is 28.7 Å². The Hall–Kier alpha value is -1.91. The van der Waals surface area contributed by atoms with Gasteiger partial charge in [0.05, 0.1) is 36.0 Å². The minimum atomic E-state index is -2.84. The first kappa shape index (κ1) is 24.8. The van der Waals surface area contributed by atoms with Crippen molar-refractivity contribution >= 4 is 38.9 Å². The van der Waals surface area contributed by atoms with E-state index >= 15 is 0 Å². The van der Waals surface area contributed by atoms with Gasteiger partial charge in [0.25, 0.3) is 5.92 Å². The molecule has 0 aromatic heterocycles. The Morgan fingerprint density at radius 2 is 2.09 bits per heavy atom. The summed E-state index contributed by atoms with van der Waals surface area (Å²) in [4.78, 5) is 17.1. The molecule has 2 atom stereocenters. The molecule has 1 amide bonds. The van der Waals surface area contributed by atoms with Crippen LogP contribution in [0.1, 0.15) is 37.7 Å². The number of piperidine rings is 2. The summed E-state index contributed by atoms with van der Waals surface area (Å²) in [6.45, 7) is 7.67. The lowest BCUT2D eigenvalue weighted by atomic mass is 9.94. The normalized spacial score (nSPS) is 27.5. The van der Waals surface area contributed by atoms with Crippen molar-refractivity contribution in [2.24, 2.45) is 5.92 Å². The third-order valence-corrected chi connectivity index (χ3v) is 8.09. The van der Waals surface area contributed by atoms with E-state index in [4.69, 9.17) is 10.5 Å². The van der Waals surface area contributed by atoms with E-state index in [2.05, 4.69) is 38.0 Å². The molecule has 3 aliphatic heterocycles. The molecule has 0 radical (unpaired) electrons. The molecule has 1 aromatic carbocycles. The highest BCUT2D eigenvalue weighted by Crippen LogP contribution is 2.44. The van der Waals surface area contributed by atoms with Crippen LogP contribution in [0.3, 0.4) is 0 Å². The molecule has 3 heterocycles. The van der Waals surface area contributed by atoms with E-state index in [9.17, 15) is 13.6 Å². The summed E-state index contributed by atoms with van der Waals surface area (Å²) in [7, 11) is 0. The van der Waals surface area contributed by atoms with Gasteiger partial charge in [0.15, 0.2) is 0 Å². The van der Waals surface area contributed by atoms with Gasteiger partial charge in [0.1, 0.15) is 0 Å². The second-order valence-electron chi connectivity index (χ2n) is 10.5. The summed E-state index contributed by atoms with van der Waals surface area (Å²) in [6, 6.07) is 3.86. The van der Waals surface area contributed by atoms with Gasteiger partial charge in [0, 0.05) is 60.9 Å². The predicted molar refractivity (Wildman–Crippen MR) is 136 cm³/mol. The molecule has 3 saturated heterocycles. The average molecular weight is 554 g/mol. The van der Waals surface area contributed by atoms with Gasteiger partial charge >= 0.3 is 0 Å². The third-order valence-electron chi connectivity index (χ3n) is 7.63. The fourth-order valence-electron chi connectivity index (χ4n) is 5.57. The number of nitrogens with one attached hydrogen (secondary N) is 2. The molecule has 4 aliphatic rings. The van der Waals surface area contributed by atoms with Gasteiger partial charge in [-0.15, -0.1) is 0 Å². The number of hydrogen-bond donors (Lipinski definition) is 3. The van der Waals surface area contributed by atoms with Crippen LogP contribution < -0.4 is 16.4 Å². The van der Waals surface area contributed by atoms with Gasteiger partial charge < -0.3 is 30.9 Å². The van der Waals surface area contributed by atoms with Crippen molar-refractivity contribution in [1.29, 1.82) is 0 Å². The Kier molecular flexibility index (Phi) is 6.74. The predicted octanol–water partition coefficient (Wildman–Crippen LogP) is 3.51. The van der Waals surface area contributed by atoms with Gasteiger partial charge in [-0.2, -0.15) is 0 Å². The smallest absolute Gasteiger partial charge is 0.261 e. The van der Waals surface area contributed by atoms with Crippen LogP contribution in [-0.4, -0.2) is 79.1 Å². The van der Waals surface area contributed by atoms with Gasteiger partial charge in [-0.3, -0.25) is 4.79 Å². The quantitative estimate of drug-likeness (QED) is 0.484. The molecule has 7 nitrogen and oxygen atoms in total. The maximum absolute atomic E-state index is 13.9. The van der Waals surface area contributed by atoms with Gasteiger partial charge in [0.2, 0.25) is 5.91 Å². The molecule has 35 heavy (non-hydrogen) atoms. The molecule has 1 saturated carbocycles. The second kappa shape index (κ2) is 9.52. The molecular formula is C25H34BrF2N5O2. The standard InChI is InChI=1S/C25H34BrF2N5O2/c1-16(33-7-8-35-24(15-33)4-5-24)20-9-18(26)10-21(29)22(20)31-19-3-2-6-32(13-19)23(34)17-11-25(27,28)14-30-12-17/h9-10,17,19,30-31H,1-8,11-15,29H2/t17?,19-/m1/s1. The van der Waals surface area contributed by atoms with Crippen molar-refractivity contribution in [2.75, 3.05) is 56.9 Å². The zero-order valence-corrected chi connectivity index (χ0v) is 21.5. The molecule has 1 aromatic rings. The maximum Gasteiger partial charge on any atom is 0.261 e. The number of amides is 1. The maximum atomic E-state index is 13.9. The van der Waals surface area contributed by atoms with Crippen LogP contribution in [0.5, 0.6) is 0 Å². The number of benzene rings is 1. The Bertz CT molecular complexity index is 1000. The fraction of sp³-hybridized carbons (Fsp3) is 0.640. The molecule has 1 aliphatic carbocycles. The number of carbonyl (C=O) groups excluding carboxylic acids is 1. The largest absolute Gasteiger partial charge is 0.397 e. The SMILES string of the molecule is C=C(c1cc(Br)cc(N)c1N[C@@H]1CCCN(C(=O)C2CNCC(F)(F)C2)C1)N1CCOC2(CC2)C1. The first-order chi connectivity index (χ1) is 16.6. The summed E-state index contributed by atoms with van der Waals surface area (Å²) in [5.41, 5.74) is 9.67. The van der Waals surface area contributed by atoms with Crippen LogP contribution in [-0.2, 0) is 9.53 Å². The number of ether oxygens (including phenoxy) is 1. The van der Waals surface area contributed by atoms with Crippen LogP contribution in [0, 0.1) is 5.92 Å². The topological polar surface area (TPSA) is 82.9 Å². The van der Waals surface area contributed by atoms with Crippen molar-refractivity contribution in [2.45, 2.75) is 49.7 Å². The van der Waals surface area contributed by atoms with E-state index in [-0.39, 0.29) is 24.1 Å². The number of anilines is 2. The number of morpholine rings is 1. The van der Waals surface area contributed by atoms with Crippen molar-refractivity contribution in [3.63, 3.8) is 0 Å². The molecule has 10 heteroatoms. The number of halogens is 3. The van der Waals surface area contributed by atoms with E-state index in [1.165, 1.54) is 0 Å². The lowest BCUT2D eigenvalue weighted by molar-refractivity contribution is -0.142. The lowest BCUT2D eigenvalue weighted by Crippen LogP contribution is -2.53. The number of carbonyl (C=O) groups is 1. The highest BCUT2D eigenvalue weighted by atomic mass is 79.9. The van der Waals surface area contributed by atoms with Crippen LogP contribution >= 0.6 is 15.9 Å². The number of rotatable bonds is 5. The first-order valence-corrected chi connectivity index (χ1v) is 13.3. The van der Waals surface area contributed by atoms with Crippen LogP contribution in [0.4, 0.5) is 20.2 Å². The van der Waals surface area contributed by atoms with Gasteiger partial charge in [-0.05, 0) is 37.8 Å². The van der Waals surface area contributed by atoms with E-state index in [1.54, 1.807) is 4.90 Å². The Balaban J connectivity index is 1.30. The number of alkyl halides is 2. The number of nitrogens with two attached hydrogens (primary N) is 1. The van der Waals surface area contributed by atoms with Gasteiger partial charge in [-0.1, -0.05) is 22.5 Å². The Morgan fingerprint density at radius 1 is 1.29 bits per heavy atom. The number of nitrogen functional groups attached to an aromatic ring is 1. The molecule has 1 unspecified atom stereocenters. The molecule has 5 rings (SSSR count). The van der Waals surface area contributed by atoms with Crippen molar-refractivity contribution in [3.8, 4) is 0 Å². The van der Waals surface area contributed by atoms with Crippen LogP contribution in [0.15, 0.2) is 23.2 Å². The average Bonchev–Trinajstić information content (AvgIpc) is 3.57. The van der Waals surface area contributed by atoms with E-state index < -0.39 is 18.3 Å². The van der Waals surface area contributed by atoms with E-state index in [0.29, 0.717) is 31.9 Å². The van der Waals surface area contributed by atoms with E-state index in [1.807, 2.05) is 12.1 Å². The molecule has 192 valence electrons. The fourth-order valence-corrected chi connectivity index (χ4v) is 6.05. The zero-order chi connectivity index (χ0) is 24.8. The molecule has 4 N–H and O–H groups in total. The summed E-state index contributed by atoms with van der Waals surface area (Å²) >= 11 is 3.57. The zero-order valence-electron chi connectivity index (χ0n) is 19.9. The third kappa shape index (κ3) is 5.44. The lowest BCUT2D eigenvalue weighted by Gasteiger charge is -2.39. The monoisotopic (exact) mass is 553 g/mol. The number of hydrogen-bond acceptors (Lipinski definition) is 6. The summed E-state index contributed by atoms with van der Waals surface area (Å²) < 4.78 is 34.6. The Labute approximate surface area is 213 Å². The van der Waals surface area contributed by atoms with E-state index in [0.717, 1.165) is 60.2 Å². The van der Waals surface area contributed by atoms with Crippen molar-refractivity contribution in [1.82, 2.24) is 15.1 Å². The Morgan fingerprint density at radius 3 is 2.83 bits per heavy atom. The minimum absolute atomic E-state index is 0.0264.